The minimum absolute atomic E-state index is 0.862. The van der Waals surface area contributed by atoms with E-state index in [1.165, 1.54) is 5.71 Å². The molecule has 0 atom stereocenters. The summed E-state index contributed by atoms with van der Waals surface area (Å²) in [6.45, 7) is 9.24. The van der Waals surface area contributed by atoms with Crippen LogP contribution in [0.25, 0.3) is 0 Å². The van der Waals surface area contributed by atoms with E-state index in [0.717, 1.165) is 25.9 Å². The van der Waals surface area contributed by atoms with Gasteiger partial charge in [0.2, 0.25) is 0 Å². The first kappa shape index (κ1) is 8.05. The number of nitrogens with zero attached hydrogens (tertiary/aromatic N) is 2. The number of hydrazone groups is 1. The van der Waals surface area contributed by atoms with Crippen LogP contribution in [-0.4, -0.2) is 23.8 Å². The molecule has 0 aromatic rings. The number of hydrogen-bond donors (Lipinski definition) is 0. The first-order valence-corrected chi connectivity index (χ1v) is 3.90. The largest absolute Gasteiger partial charge is 0.293 e. The van der Waals surface area contributed by atoms with Gasteiger partial charge in [-0.15, -0.1) is 13.2 Å². The van der Waals surface area contributed by atoms with E-state index < -0.39 is 0 Å². The molecule has 2 nitrogen and oxygen atoms in total. The van der Waals surface area contributed by atoms with Crippen molar-refractivity contribution in [3.05, 3.63) is 25.3 Å². The van der Waals surface area contributed by atoms with Gasteiger partial charge in [0, 0.05) is 25.1 Å². The third-order valence-corrected chi connectivity index (χ3v) is 1.66. The van der Waals surface area contributed by atoms with E-state index in [2.05, 4.69) is 18.3 Å². The van der Waals surface area contributed by atoms with Crippen molar-refractivity contribution >= 4 is 5.71 Å². The lowest BCUT2D eigenvalue weighted by atomic mass is 10.2. The summed E-state index contributed by atoms with van der Waals surface area (Å²) in [6.07, 6.45) is 5.78. The van der Waals surface area contributed by atoms with Crippen LogP contribution in [0.3, 0.4) is 0 Å². The van der Waals surface area contributed by atoms with Gasteiger partial charge in [-0.25, -0.2) is 0 Å². The molecule has 0 unspecified atom stereocenters. The van der Waals surface area contributed by atoms with Crippen molar-refractivity contribution in [1.29, 1.82) is 0 Å². The predicted molar refractivity (Wildman–Crippen MR) is 48.6 cm³/mol. The smallest absolute Gasteiger partial charge is 0.0538 e. The summed E-state index contributed by atoms with van der Waals surface area (Å²) in [7, 11) is 0. The fraction of sp³-hybridized carbons (Fsp3) is 0.444. The van der Waals surface area contributed by atoms with Gasteiger partial charge in [-0.1, -0.05) is 12.2 Å². The predicted octanol–water partition coefficient (Wildman–Crippen LogP) is 1.81. The van der Waals surface area contributed by atoms with Crippen LogP contribution in [0.15, 0.2) is 30.4 Å². The topological polar surface area (TPSA) is 15.6 Å². The van der Waals surface area contributed by atoms with Crippen molar-refractivity contribution in [2.45, 2.75) is 12.8 Å². The van der Waals surface area contributed by atoms with Crippen molar-refractivity contribution in [3.8, 4) is 0 Å². The molecule has 0 fully saturated rings. The first-order valence-electron chi connectivity index (χ1n) is 3.90. The van der Waals surface area contributed by atoms with E-state index in [9.17, 15) is 0 Å². The summed E-state index contributed by atoms with van der Waals surface area (Å²) in [5, 5.41) is 6.41. The summed E-state index contributed by atoms with van der Waals surface area (Å²) in [4.78, 5) is 0. The van der Waals surface area contributed by atoms with Crippen LogP contribution in [0.5, 0.6) is 0 Å². The third-order valence-electron chi connectivity index (χ3n) is 1.66. The van der Waals surface area contributed by atoms with Crippen LogP contribution >= 0.6 is 0 Å². The Bertz CT molecular complexity index is 182. The first-order chi connectivity index (χ1) is 5.36. The third kappa shape index (κ3) is 2.22. The van der Waals surface area contributed by atoms with Gasteiger partial charge < -0.3 is 0 Å². The van der Waals surface area contributed by atoms with Gasteiger partial charge in [0.15, 0.2) is 0 Å². The SMILES string of the molecule is C=CCC1=NN(CC=C)CC1. The van der Waals surface area contributed by atoms with Crippen LogP contribution in [0.2, 0.25) is 0 Å². The lowest BCUT2D eigenvalue weighted by molar-refractivity contribution is 0.354. The monoisotopic (exact) mass is 150 g/mol. The Morgan fingerprint density at radius 1 is 1.45 bits per heavy atom. The van der Waals surface area contributed by atoms with Crippen molar-refractivity contribution < 1.29 is 0 Å². The fourth-order valence-electron chi connectivity index (χ4n) is 1.15. The van der Waals surface area contributed by atoms with Crippen molar-refractivity contribution in [2.24, 2.45) is 5.10 Å². The van der Waals surface area contributed by atoms with Gasteiger partial charge in [0.05, 0.1) is 6.54 Å². The second-order valence-electron chi connectivity index (χ2n) is 2.61. The van der Waals surface area contributed by atoms with Gasteiger partial charge >= 0.3 is 0 Å². The van der Waals surface area contributed by atoms with E-state index in [4.69, 9.17) is 0 Å². The van der Waals surface area contributed by atoms with Gasteiger partial charge in [0.25, 0.3) is 0 Å². The lowest BCUT2D eigenvalue weighted by Crippen LogP contribution is -2.12. The van der Waals surface area contributed by atoms with Crippen LogP contribution < -0.4 is 0 Å². The zero-order chi connectivity index (χ0) is 8.10. The average molecular weight is 150 g/mol. The second kappa shape index (κ2) is 3.96. The molecule has 2 heteroatoms. The van der Waals surface area contributed by atoms with Crippen LogP contribution in [0.1, 0.15) is 12.8 Å². The quantitative estimate of drug-likeness (QED) is 0.558. The standard InChI is InChI=1S/C9H14N2/c1-3-5-9-6-8-11(10-9)7-4-2/h3-4H,1-2,5-8H2. The summed E-state index contributed by atoms with van der Waals surface area (Å²) in [5.74, 6) is 0. The molecular weight excluding hydrogens is 136 g/mol. The van der Waals surface area contributed by atoms with E-state index in [-0.39, 0.29) is 0 Å². The molecule has 0 N–H and O–H groups in total. The van der Waals surface area contributed by atoms with E-state index in [1.54, 1.807) is 0 Å². The highest BCUT2D eigenvalue weighted by molar-refractivity contribution is 5.86. The van der Waals surface area contributed by atoms with Gasteiger partial charge in [-0.3, -0.25) is 5.01 Å². The summed E-state index contributed by atoms with van der Waals surface area (Å²) in [5.41, 5.74) is 1.24. The maximum atomic E-state index is 4.38. The van der Waals surface area contributed by atoms with Gasteiger partial charge in [-0.2, -0.15) is 5.10 Å². The summed E-state index contributed by atoms with van der Waals surface area (Å²) < 4.78 is 0. The average Bonchev–Trinajstić information content (AvgIpc) is 2.38. The lowest BCUT2D eigenvalue weighted by Gasteiger charge is -2.08. The van der Waals surface area contributed by atoms with Gasteiger partial charge in [-0.05, 0) is 0 Å². The number of rotatable bonds is 4. The molecule has 0 aromatic carbocycles. The molecule has 11 heavy (non-hydrogen) atoms. The summed E-state index contributed by atoms with van der Waals surface area (Å²) >= 11 is 0. The Kier molecular flexibility index (Phi) is 2.90. The molecule has 0 saturated carbocycles. The molecule has 60 valence electrons. The second-order valence-corrected chi connectivity index (χ2v) is 2.61. The van der Waals surface area contributed by atoms with Gasteiger partial charge in [0.1, 0.15) is 0 Å². The minimum Gasteiger partial charge on any atom is -0.293 e. The highest BCUT2D eigenvalue weighted by Crippen LogP contribution is 2.08. The zero-order valence-electron chi connectivity index (χ0n) is 6.79. The molecule has 0 aliphatic carbocycles. The zero-order valence-corrected chi connectivity index (χ0v) is 6.79. The Hall–Kier alpha value is -1.05. The van der Waals surface area contributed by atoms with Crippen LogP contribution in [-0.2, 0) is 0 Å². The van der Waals surface area contributed by atoms with Crippen molar-refractivity contribution in [2.75, 3.05) is 13.1 Å². The molecule has 0 saturated heterocycles. The Balaban J connectivity index is 2.39. The molecule has 1 rings (SSSR count). The molecule has 0 radical (unpaired) electrons. The normalized spacial score (nSPS) is 16.4. The maximum absolute atomic E-state index is 4.38. The highest BCUT2D eigenvalue weighted by atomic mass is 15.5. The minimum atomic E-state index is 0.862. The molecule has 1 heterocycles. The highest BCUT2D eigenvalue weighted by Gasteiger charge is 2.10. The molecule has 0 bridgehead atoms. The molecular formula is C9H14N2. The number of hydrogen-bond acceptors (Lipinski definition) is 2. The molecule has 1 aliphatic heterocycles. The Morgan fingerprint density at radius 2 is 2.27 bits per heavy atom. The molecule has 0 amide bonds. The Labute approximate surface area is 67.9 Å². The molecule has 1 aliphatic rings. The van der Waals surface area contributed by atoms with E-state index in [1.807, 2.05) is 17.2 Å². The fourth-order valence-corrected chi connectivity index (χ4v) is 1.15. The Morgan fingerprint density at radius 3 is 2.91 bits per heavy atom. The van der Waals surface area contributed by atoms with E-state index in [0.29, 0.717) is 0 Å². The van der Waals surface area contributed by atoms with Crippen LogP contribution in [0, 0.1) is 0 Å². The van der Waals surface area contributed by atoms with E-state index >= 15 is 0 Å². The molecule has 0 spiro atoms. The van der Waals surface area contributed by atoms with Crippen molar-refractivity contribution in [3.63, 3.8) is 0 Å². The number of allylic oxidation sites excluding steroid dienone is 1. The summed E-state index contributed by atoms with van der Waals surface area (Å²) in [6, 6.07) is 0. The maximum Gasteiger partial charge on any atom is 0.0538 e. The molecule has 0 aromatic heterocycles. The van der Waals surface area contributed by atoms with Crippen molar-refractivity contribution in [1.82, 2.24) is 5.01 Å². The van der Waals surface area contributed by atoms with Crippen LogP contribution in [0.4, 0.5) is 0 Å².